The van der Waals surface area contributed by atoms with E-state index in [0.29, 0.717) is 6.42 Å². The molecular formula is C17H37N3O6S. The normalized spacial score (nSPS) is 14.4. The molecule has 9 nitrogen and oxygen atoms in total. The van der Waals surface area contributed by atoms with Crippen molar-refractivity contribution in [2.45, 2.75) is 58.7 Å². The Labute approximate surface area is 166 Å². The van der Waals surface area contributed by atoms with E-state index < -0.39 is 30.1 Å². The van der Waals surface area contributed by atoms with Gasteiger partial charge in [0.1, 0.15) is 18.1 Å². The van der Waals surface area contributed by atoms with E-state index in [-0.39, 0.29) is 17.8 Å². The van der Waals surface area contributed by atoms with E-state index in [1.54, 1.807) is 11.8 Å². The van der Waals surface area contributed by atoms with Crippen molar-refractivity contribution < 1.29 is 29.3 Å². The number of carbonyl (C=O) groups is 3. The number of carboxylic acids is 2. The molecule has 0 rings (SSSR count). The quantitative estimate of drug-likeness (QED) is 0.340. The van der Waals surface area contributed by atoms with Crippen LogP contribution in [0.25, 0.3) is 0 Å². The van der Waals surface area contributed by atoms with Gasteiger partial charge in [0.15, 0.2) is 0 Å². The molecule has 0 aliphatic heterocycles. The minimum Gasteiger partial charge on any atom is -0.480 e. The molecule has 4 atom stereocenters. The lowest BCUT2D eigenvalue weighted by molar-refractivity contribution is -0.143. The van der Waals surface area contributed by atoms with Crippen LogP contribution in [0.2, 0.25) is 0 Å². The highest BCUT2D eigenvalue weighted by Crippen LogP contribution is 2.04. The topological polar surface area (TPSA) is 179 Å². The molecule has 0 radical (unpaired) electrons. The maximum absolute atomic E-state index is 10.6. The van der Waals surface area contributed by atoms with E-state index in [1.165, 1.54) is 7.11 Å². The second-order valence-electron chi connectivity index (χ2n) is 6.27. The number of rotatable bonds is 9. The smallest absolute Gasteiger partial charge is 0.322 e. The highest BCUT2D eigenvalue weighted by molar-refractivity contribution is 7.98. The highest BCUT2D eigenvalue weighted by Gasteiger charge is 2.17. The van der Waals surface area contributed by atoms with Gasteiger partial charge in [-0.2, -0.15) is 11.8 Å². The molecule has 0 amide bonds. The fourth-order valence-electron chi connectivity index (χ4n) is 1.27. The van der Waals surface area contributed by atoms with Gasteiger partial charge in [-0.25, -0.2) is 0 Å². The number of nitrogens with two attached hydrogens (primary N) is 3. The van der Waals surface area contributed by atoms with Crippen LogP contribution in [-0.4, -0.2) is 65.4 Å². The number of ether oxygens (including phenoxy) is 1. The molecule has 0 aliphatic carbocycles. The van der Waals surface area contributed by atoms with Crippen LogP contribution in [0.15, 0.2) is 0 Å². The van der Waals surface area contributed by atoms with E-state index in [2.05, 4.69) is 4.74 Å². The first kappa shape index (κ1) is 30.4. The van der Waals surface area contributed by atoms with E-state index >= 15 is 0 Å². The number of esters is 1. The first-order valence-electron chi connectivity index (χ1n) is 8.66. The molecule has 10 heteroatoms. The summed E-state index contributed by atoms with van der Waals surface area (Å²) >= 11 is 1.60. The molecule has 0 unspecified atom stereocenters. The van der Waals surface area contributed by atoms with E-state index in [0.717, 1.165) is 12.2 Å². The van der Waals surface area contributed by atoms with Crippen molar-refractivity contribution in [2.75, 3.05) is 19.1 Å². The van der Waals surface area contributed by atoms with Gasteiger partial charge in [-0.1, -0.05) is 34.1 Å². The number of hydrogen-bond acceptors (Lipinski definition) is 8. The van der Waals surface area contributed by atoms with Crippen molar-refractivity contribution in [3.8, 4) is 0 Å². The van der Waals surface area contributed by atoms with Crippen LogP contribution >= 0.6 is 11.8 Å². The van der Waals surface area contributed by atoms with Gasteiger partial charge in [0.2, 0.25) is 0 Å². The van der Waals surface area contributed by atoms with Crippen LogP contribution in [0.5, 0.6) is 0 Å². The van der Waals surface area contributed by atoms with Crippen molar-refractivity contribution in [1.82, 2.24) is 0 Å². The molecule has 0 aromatic heterocycles. The van der Waals surface area contributed by atoms with Crippen molar-refractivity contribution in [1.29, 1.82) is 0 Å². The fraction of sp³-hybridized carbons (Fsp3) is 0.824. The summed E-state index contributed by atoms with van der Waals surface area (Å²) in [4.78, 5) is 30.9. The highest BCUT2D eigenvalue weighted by atomic mass is 32.2. The van der Waals surface area contributed by atoms with Crippen LogP contribution in [0, 0.1) is 11.8 Å². The van der Waals surface area contributed by atoms with Crippen molar-refractivity contribution in [3.05, 3.63) is 0 Å². The van der Waals surface area contributed by atoms with E-state index in [4.69, 9.17) is 27.4 Å². The molecule has 0 aromatic carbocycles. The predicted octanol–water partition coefficient (Wildman–Crippen LogP) is 0.739. The van der Waals surface area contributed by atoms with Gasteiger partial charge in [-0.3, -0.25) is 14.4 Å². The number of carbonyl (C=O) groups excluding carboxylic acids is 1. The second-order valence-corrected chi connectivity index (χ2v) is 7.25. The summed E-state index contributed by atoms with van der Waals surface area (Å²) in [5.74, 6) is -1.13. The van der Waals surface area contributed by atoms with Crippen LogP contribution in [0.1, 0.15) is 40.5 Å². The maximum atomic E-state index is 10.6. The first-order chi connectivity index (χ1) is 12.4. The summed E-state index contributed by atoms with van der Waals surface area (Å²) in [5, 5.41) is 16.6. The third-order valence-electron chi connectivity index (χ3n) is 3.68. The lowest BCUT2D eigenvalue weighted by atomic mass is 10.0. The van der Waals surface area contributed by atoms with Crippen molar-refractivity contribution >= 4 is 29.7 Å². The number of thioether (sulfide) groups is 1. The first-order valence-corrected chi connectivity index (χ1v) is 10.1. The third-order valence-corrected chi connectivity index (χ3v) is 4.33. The summed E-state index contributed by atoms with van der Waals surface area (Å²) in [6.45, 7) is 7.51. The number of hydrogen-bond donors (Lipinski definition) is 5. The summed E-state index contributed by atoms with van der Waals surface area (Å²) in [5.41, 5.74) is 15.9. The Kier molecular flexibility index (Phi) is 20.3. The molecule has 0 aliphatic rings. The molecule has 0 fully saturated rings. The minimum absolute atomic E-state index is 0.0718. The van der Waals surface area contributed by atoms with Crippen LogP contribution in [0.3, 0.4) is 0 Å². The Hall–Kier alpha value is -1.36. The Morgan fingerprint density at radius 3 is 1.67 bits per heavy atom. The SMILES string of the molecule is CC[C@H](C)[C@H](N)C(=O)O.COC(=O)[C@@H](N)C(C)C.CSCC[C@@H](N)C(=O)O. The van der Waals surface area contributed by atoms with Crippen molar-refractivity contribution in [3.63, 3.8) is 0 Å². The predicted molar refractivity (Wildman–Crippen MR) is 109 cm³/mol. The Balaban J connectivity index is -0.000000320. The molecule has 8 N–H and O–H groups in total. The van der Waals surface area contributed by atoms with Gasteiger partial charge in [0.25, 0.3) is 0 Å². The van der Waals surface area contributed by atoms with Crippen LogP contribution < -0.4 is 17.2 Å². The van der Waals surface area contributed by atoms with Gasteiger partial charge < -0.3 is 32.2 Å². The molecule has 0 aromatic rings. The monoisotopic (exact) mass is 411 g/mol. The maximum Gasteiger partial charge on any atom is 0.322 e. The Bertz CT molecular complexity index is 423. The van der Waals surface area contributed by atoms with Crippen LogP contribution in [0.4, 0.5) is 0 Å². The summed E-state index contributed by atoms with van der Waals surface area (Å²) < 4.78 is 4.41. The Morgan fingerprint density at radius 1 is 1.00 bits per heavy atom. The lowest BCUT2D eigenvalue weighted by Gasteiger charge is -2.11. The summed E-state index contributed by atoms with van der Waals surface area (Å²) in [6, 6.07) is -1.86. The number of carboxylic acid groups (broad SMARTS) is 2. The molecular weight excluding hydrogens is 374 g/mol. The Morgan fingerprint density at radius 2 is 1.48 bits per heavy atom. The van der Waals surface area contributed by atoms with Gasteiger partial charge in [0, 0.05) is 0 Å². The number of aliphatic carboxylic acids is 2. The standard InChI is InChI=1S/2C6H13NO2.C5H11NO2S/c1-4(2)5(7)6(8)9-3;1-3-4(2)5(7)6(8)9;1-9-3-2-4(6)5(7)8/h4-5H,7H2,1-3H3;4-5H,3,7H2,1-2H3,(H,8,9);4H,2-3,6H2,1H3,(H,7,8)/t5-;4-,5-;4-/m001/s1. The molecule has 0 saturated heterocycles. The van der Waals surface area contributed by atoms with Crippen molar-refractivity contribution in [2.24, 2.45) is 29.0 Å². The van der Waals surface area contributed by atoms with Gasteiger partial charge >= 0.3 is 17.9 Å². The summed E-state index contributed by atoms with van der Waals surface area (Å²) in [6.07, 6.45) is 3.29. The molecule has 0 heterocycles. The largest absolute Gasteiger partial charge is 0.480 e. The molecule has 0 saturated carbocycles. The van der Waals surface area contributed by atoms with Gasteiger partial charge in [0.05, 0.1) is 7.11 Å². The van der Waals surface area contributed by atoms with Gasteiger partial charge in [-0.05, 0) is 30.3 Å². The van der Waals surface area contributed by atoms with Gasteiger partial charge in [-0.15, -0.1) is 0 Å². The molecule has 0 bridgehead atoms. The second kappa shape index (κ2) is 18.0. The minimum atomic E-state index is -0.913. The zero-order chi connectivity index (χ0) is 22.2. The summed E-state index contributed by atoms with van der Waals surface area (Å²) in [7, 11) is 1.34. The van der Waals surface area contributed by atoms with E-state index in [1.807, 2.05) is 34.0 Å². The average molecular weight is 412 g/mol. The van der Waals surface area contributed by atoms with Crippen LogP contribution in [-0.2, 0) is 19.1 Å². The fourth-order valence-corrected chi connectivity index (χ4v) is 1.76. The average Bonchev–Trinajstić information content (AvgIpc) is 2.63. The molecule has 0 spiro atoms. The zero-order valence-electron chi connectivity index (χ0n) is 17.2. The lowest BCUT2D eigenvalue weighted by Crippen LogP contribution is -2.36. The molecule has 162 valence electrons. The van der Waals surface area contributed by atoms with E-state index in [9.17, 15) is 14.4 Å². The number of methoxy groups -OCH3 is 1. The third kappa shape index (κ3) is 17.8. The zero-order valence-corrected chi connectivity index (χ0v) is 18.0. The molecule has 27 heavy (non-hydrogen) atoms.